The predicted octanol–water partition coefficient (Wildman–Crippen LogP) is 0.891. The number of ether oxygens (including phenoxy) is 1. The third kappa shape index (κ3) is 2.76. The Hall–Kier alpha value is -0.940. The maximum absolute atomic E-state index is 5.46. The van der Waals surface area contributed by atoms with E-state index in [0.29, 0.717) is 0 Å². The summed E-state index contributed by atoms with van der Waals surface area (Å²) in [6, 6.07) is 0.157. The van der Waals surface area contributed by atoms with Gasteiger partial charge in [0.2, 0.25) is 0 Å². The fourth-order valence-corrected chi connectivity index (χ4v) is 1.76. The average molecular weight is 212 g/mol. The van der Waals surface area contributed by atoms with Crippen LogP contribution in [0.2, 0.25) is 0 Å². The van der Waals surface area contributed by atoms with Crippen LogP contribution in [0.25, 0.3) is 0 Å². The number of rotatable bonds is 6. The Morgan fingerprint density at radius 1 is 1.53 bits per heavy atom. The van der Waals surface area contributed by atoms with Gasteiger partial charge < -0.3 is 10.1 Å². The Balaban J connectivity index is 2.86. The Bertz CT molecular complexity index is 283. The molecule has 5 nitrogen and oxygen atoms in total. The van der Waals surface area contributed by atoms with Gasteiger partial charge in [-0.2, -0.15) is 0 Å². The smallest absolute Gasteiger partial charge is 0.0779 e. The molecule has 5 heteroatoms. The van der Waals surface area contributed by atoms with E-state index in [-0.39, 0.29) is 12.1 Å². The number of hydrogen-bond donors (Lipinski definition) is 1. The molecule has 1 aromatic heterocycles. The van der Waals surface area contributed by atoms with Crippen LogP contribution < -0.4 is 5.32 Å². The molecule has 2 atom stereocenters. The highest BCUT2D eigenvalue weighted by Crippen LogP contribution is 2.19. The third-order valence-electron chi connectivity index (χ3n) is 2.57. The van der Waals surface area contributed by atoms with Gasteiger partial charge in [0.1, 0.15) is 0 Å². The molecule has 0 bridgehead atoms. The van der Waals surface area contributed by atoms with Gasteiger partial charge in [-0.15, -0.1) is 5.10 Å². The van der Waals surface area contributed by atoms with Crippen molar-refractivity contribution in [3.05, 3.63) is 11.9 Å². The lowest BCUT2D eigenvalue weighted by molar-refractivity contribution is 0.0630. The number of methoxy groups -OCH3 is 1. The summed E-state index contributed by atoms with van der Waals surface area (Å²) < 4.78 is 7.25. The largest absolute Gasteiger partial charge is 0.379 e. The molecule has 0 aliphatic rings. The van der Waals surface area contributed by atoms with Crippen LogP contribution in [-0.2, 0) is 11.8 Å². The maximum atomic E-state index is 5.46. The molecule has 1 aromatic rings. The Kier molecular flexibility index (Phi) is 4.71. The van der Waals surface area contributed by atoms with Crippen LogP contribution >= 0.6 is 0 Å². The van der Waals surface area contributed by atoms with E-state index in [4.69, 9.17) is 4.74 Å². The van der Waals surface area contributed by atoms with Crippen LogP contribution in [0.1, 0.15) is 32.0 Å². The summed E-state index contributed by atoms with van der Waals surface area (Å²) in [4.78, 5) is 0. The normalized spacial score (nSPS) is 15.2. The van der Waals surface area contributed by atoms with Gasteiger partial charge in [0.05, 0.1) is 24.0 Å². The van der Waals surface area contributed by atoms with Crippen LogP contribution in [0, 0.1) is 0 Å². The summed E-state index contributed by atoms with van der Waals surface area (Å²) in [5.74, 6) is 0. The van der Waals surface area contributed by atoms with Crippen LogP contribution in [0.3, 0.4) is 0 Å². The number of aromatic nitrogens is 3. The standard InChI is InChI=1S/C10H20N4O/c1-5-9(15-4)10(11-6-2)8-7-12-13-14(8)3/h7,9-11H,5-6H2,1-4H3. The van der Waals surface area contributed by atoms with Gasteiger partial charge in [0, 0.05) is 14.2 Å². The highest BCUT2D eigenvalue weighted by molar-refractivity contribution is 5.04. The molecule has 0 aromatic carbocycles. The Labute approximate surface area is 90.8 Å². The van der Waals surface area contributed by atoms with E-state index in [1.54, 1.807) is 18.0 Å². The van der Waals surface area contributed by atoms with Crippen LogP contribution in [0.4, 0.5) is 0 Å². The molecule has 0 radical (unpaired) electrons. The van der Waals surface area contributed by atoms with Crippen molar-refractivity contribution in [2.45, 2.75) is 32.4 Å². The van der Waals surface area contributed by atoms with Crippen LogP contribution in [0.5, 0.6) is 0 Å². The van der Waals surface area contributed by atoms with Crippen molar-refractivity contribution in [1.82, 2.24) is 20.3 Å². The molecule has 0 amide bonds. The summed E-state index contributed by atoms with van der Waals surface area (Å²) in [5.41, 5.74) is 1.06. The van der Waals surface area contributed by atoms with Gasteiger partial charge >= 0.3 is 0 Å². The third-order valence-corrected chi connectivity index (χ3v) is 2.57. The van der Waals surface area contributed by atoms with Gasteiger partial charge in [-0.25, -0.2) is 0 Å². The highest BCUT2D eigenvalue weighted by Gasteiger charge is 2.23. The molecule has 0 aliphatic heterocycles. The number of nitrogens with zero attached hydrogens (tertiary/aromatic N) is 3. The van der Waals surface area contributed by atoms with E-state index >= 15 is 0 Å². The molecule has 15 heavy (non-hydrogen) atoms. The minimum absolute atomic E-state index is 0.155. The predicted molar refractivity (Wildman–Crippen MR) is 58.5 cm³/mol. The van der Waals surface area contributed by atoms with Gasteiger partial charge in [0.15, 0.2) is 0 Å². The van der Waals surface area contributed by atoms with E-state index in [9.17, 15) is 0 Å². The van der Waals surface area contributed by atoms with Crippen molar-refractivity contribution in [3.63, 3.8) is 0 Å². The molecular weight excluding hydrogens is 192 g/mol. The average Bonchev–Trinajstić information content (AvgIpc) is 2.65. The minimum Gasteiger partial charge on any atom is -0.379 e. The quantitative estimate of drug-likeness (QED) is 0.761. The summed E-state index contributed by atoms with van der Waals surface area (Å²) in [5, 5.41) is 11.2. The molecule has 0 saturated heterocycles. The Morgan fingerprint density at radius 2 is 2.27 bits per heavy atom. The lowest BCUT2D eigenvalue weighted by Gasteiger charge is -2.25. The first-order valence-corrected chi connectivity index (χ1v) is 5.35. The van der Waals surface area contributed by atoms with Gasteiger partial charge in [0.25, 0.3) is 0 Å². The number of aryl methyl sites for hydroxylation is 1. The molecule has 1 rings (SSSR count). The number of hydrogen-bond acceptors (Lipinski definition) is 4. The molecule has 1 N–H and O–H groups in total. The first-order chi connectivity index (χ1) is 7.24. The second kappa shape index (κ2) is 5.82. The summed E-state index contributed by atoms with van der Waals surface area (Å²) >= 11 is 0. The van der Waals surface area contributed by atoms with Gasteiger partial charge in [-0.3, -0.25) is 4.68 Å². The summed E-state index contributed by atoms with van der Waals surface area (Å²) in [7, 11) is 3.64. The zero-order chi connectivity index (χ0) is 11.3. The van der Waals surface area contributed by atoms with Crippen LogP contribution in [-0.4, -0.2) is 34.8 Å². The topological polar surface area (TPSA) is 52.0 Å². The van der Waals surface area contributed by atoms with Gasteiger partial charge in [-0.05, 0) is 13.0 Å². The first kappa shape index (κ1) is 12.1. The van der Waals surface area contributed by atoms with E-state index < -0.39 is 0 Å². The van der Waals surface area contributed by atoms with E-state index in [0.717, 1.165) is 18.7 Å². The van der Waals surface area contributed by atoms with Crippen molar-refractivity contribution in [1.29, 1.82) is 0 Å². The molecule has 0 spiro atoms. The second-order valence-corrected chi connectivity index (χ2v) is 3.50. The van der Waals surface area contributed by atoms with E-state index in [1.165, 1.54) is 0 Å². The second-order valence-electron chi connectivity index (χ2n) is 3.50. The molecular formula is C10H20N4O. The van der Waals surface area contributed by atoms with Crippen molar-refractivity contribution in [3.8, 4) is 0 Å². The lowest BCUT2D eigenvalue weighted by atomic mass is 10.1. The summed E-state index contributed by atoms with van der Waals surface area (Å²) in [6.45, 7) is 5.09. The monoisotopic (exact) mass is 212 g/mol. The minimum atomic E-state index is 0.155. The molecule has 1 heterocycles. The zero-order valence-electron chi connectivity index (χ0n) is 9.90. The zero-order valence-corrected chi connectivity index (χ0v) is 9.90. The van der Waals surface area contributed by atoms with Gasteiger partial charge in [-0.1, -0.05) is 19.1 Å². The molecule has 0 saturated carbocycles. The Morgan fingerprint density at radius 3 is 2.67 bits per heavy atom. The highest BCUT2D eigenvalue weighted by atomic mass is 16.5. The maximum Gasteiger partial charge on any atom is 0.0779 e. The molecule has 86 valence electrons. The van der Waals surface area contributed by atoms with Crippen molar-refractivity contribution in [2.24, 2.45) is 7.05 Å². The van der Waals surface area contributed by atoms with E-state index in [1.807, 2.05) is 7.05 Å². The lowest BCUT2D eigenvalue weighted by Crippen LogP contribution is -2.34. The first-order valence-electron chi connectivity index (χ1n) is 5.35. The van der Waals surface area contributed by atoms with Crippen molar-refractivity contribution in [2.75, 3.05) is 13.7 Å². The van der Waals surface area contributed by atoms with E-state index in [2.05, 4.69) is 29.5 Å². The fourth-order valence-electron chi connectivity index (χ4n) is 1.76. The molecule has 0 aliphatic carbocycles. The summed E-state index contributed by atoms with van der Waals surface area (Å²) in [6.07, 6.45) is 2.90. The van der Waals surface area contributed by atoms with Crippen molar-refractivity contribution < 1.29 is 4.74 Å². The molecule has 2 unspecified atom stereocenters. The number of likely N-dealkylation sites (N-methyl/N-ethyl adjacent to an activating group) is 1. The number of nitrogens with one attached hydrogen (secondary N) is 1. The molecule has 0 fully saturated rings. The SMILES string of the molecule is CCNC(c1cnnn1C)C(CC)OC. The van der Waals surface area contributed by atoms with Crippen LogP contribution in [0.15, 0.2) is 6.20 Å². The fraction of sp³-hybridized carbons (Fsp3) is 0.800. The van der Waals surface area contributed by atoms with Crippen molar-refractivity contribution >= 4 is 0 Å².